The molecule has 6 heteroatoms. The van der Waals surface area contributed by atoms with Gasteiger partial charge >= 0.3 is 0 Å². The van der Waals surface area contributed by atoms with Crippen LogP contribution in [0, 0.1) is 18.3 Å². The summed E-state index contributed by atoms with van der Waals surface area (Å²) in [6.07, 6.45) is 0.631. The molecule has 1 N–H and O–H groups in total. The van der Waals surface area contributed by atoms with Crippen molar-refractivity contribution in [2.24, 2.45) is 11.3 Å². The van der Waals surface area contributed by atoms with Crippen LogP contribution in [0.4, 0.5) is 0 Å². The predicted octanol–water partition coefficient (Wildman–Crippen LogP) is 4.83. The Morgan fingerprint density at radius 1 is 1.32 bits per heavy atom. The Bertz CT molecular complexity index is 1030. The Hall–Kier alpha value is -2.18. The molecule has 0 radical (unpaired) electrons. The molecule has 0 aliphatic heterocycles. The summed E-state index contributed by atoms with van der Waals surface area (Å²) in [5.41, 5.74) is 4.28. The number of thiophene rings is 1. The molecule has 2 aromatic heterocycles. The molecule has 3 atom stereocenters. The minimum atomic E-state index is -0.493. The Morgan fingerprint density at radius 2 is 2.07 bits per heavy atom. The minimum Gasteiger partial charge on any atom is -0.491 e. The fraction of sp³-hybridized carbons (Fsp3) is 0.455. The summed E-state index contributed by atoms with van der Waals surface area (Å²) in [5.74, 6) is 3.38. The van der Waals surface area contributed by atoms with Crippen LogP contribution in [0.5, 0.6) is 5.75 Å². The highest BCUT2D eigenvalue weighted by atomic mass is 32.1. The number of ether oxygens (including phenoxy) is 1. The highest BCUT2D eigenvalue weighted by molar-refractivity contribution is 7.15. The normalized spacial score (nSPS) is 22.6. The van der Waals surface area contributed by atoms with Crippen LogP contribution in [0.3, 0.4) is 0 Å². The van der Waals surface area contributed by atoms with E-state index in [1.54, 1.807) is 18.3 Å². The van der Waals surface area contributed by atoms with Crippen LogP contribution in [0.15, 0.2) is 28.8 Å². The second kappa shape index (κ2) is 6.16. The maximum absolute atomic E-state index is 9.32. The second-order valence-corrected chi connectivity index (χ2v) is 9.82. The van der Waals surface area contributed by atoms with Gasteiger partial charge in [0.15, 0.2) is 0 Å². The highest BCUT2D eigenvalue weighted by Gasteiger charge is 2.63. The van der Waals surface area contributed by atoms with Gasteiger partial charge in [0.25, 0.3) is 5.89 Å². The molecule has 5 rings (SSSR count). The third-order valence-electron chi connectivity index (χ3n) is 6.24. The van der Waals surface area contributed by atoms with Gasteiger partial charge in [0.2, 0.25) is 5.82 Å². The molecular weight excluding hydrogens is 372 g/mol. The van der Waals surface area contributed by atoms with Crippen LogP contribution >= 0.6 is 11.3 Å². The molecule has 2 aliphatic carbocycles. The Morgan fingerprint density at radius 3 is 2.79 bits per heavy atom. The Balaban J connectivity index is 1.39. The van der Waals surface area contributed by atoms with Gasteiger partial charge in [-0.2, -0.15) is 4.98 Å². The molecule has 5 nitrogen and oxygen atoms in total. The largest absolute Gasteiger partial charge is 0.491 e. The van der Waals surface area contributed by atoms with E-state index in [0.29, 0.717) is 28.8 Å². The number of nitrogens with zero attached hydrogens (tertiary/aromatic N) is 2. The van der Waals surface area contributed by atoms with Crippen LogP contribution in [-0.4, -0.2) is 28.0 Å². The molecule has 0 spiro atoms. The zero-order chi connectivity index (χ0) is 19.6. The van der Waals surface area contributed by atoms with Gasteiger partial charge in [-0.05, 0) is 72.9 Å². The van der Waals surface area contributed by atoms with E-state index in [4.69, 9.17) is 9.26 Å². The van der Waals surface area contributed by atoms with Crippen molar-refractivity contribution < 1.29 is 14.4 Å². The molecular formula is C22H24N2O3S. The molecule has 0 amide bonds. The SMILES string of the molecule is Cc1sc(-c2nc(-c3ccc(OCC(C)O)cc3)no2)c2c1[C@H]1[C@@H](C2)C1(C)C. The maximum Gasteiger partial charge on any atom is 0.268 e. The Labute approximate surface area is 168 Å². The summed E-state index contributed by atoms with van der Waals surface area (Å²) in [6.45, 7) is 8.94. The number of aromatic nitrogens is 2. The van der Waals surface area contributed by atoms with Crippen LogP contribution in [-0.2, 0) is 6.42 Å². The quantitative estimate of drug-likeness (QED) is 0.669. The van der Waals surface area contributed by atoms with Gasteiger partial charge in [-0.3, -0.25) is 0 Å². The predicted molar refractivity (Wildman–Crippen MR) is 109 cm³/mol. The average Bonchev–Trinajstić information content (AvgIpc) is 3.15. The van der Waals surface area contributed by atoms with Gasteiger partial charge in [0.1, 0.15) is 12.4 Å². The summed E-state index contributed by atoms with van der Waals surface area (Å²) >= 11 is 1.78. The summed E-state index contributed by atoms with van der Waals surface area (Å²) in [5, 5.41) is 13.5. The molecule has 1 saturated carbocycles. The average molecular weight is 397 g/mol. The lowest BCUT2D eigenvalue weighted by Gasteiger charge is -2.08. The van der Waals surface area contributed by atoms with Gasteiger partial charge in [0, 0.05) is 10.4 Å². The van der Waals surface area contributed by atoms with Crippen LogP contribution in [0.25, 0.3) is 22.2 Å². The van der Waals surface area contributed by atoms with Crippen molar-refractivity contribution in [3.8, 4) is 27.9 Å². The Kier molecular flexibility index (Phi) is 3.93. The van der Waals surface area contributed by atoms with Crippen LogP contribution < -0.4 is 4.74 Å². The molecule has 1 aromatic carbocycles. The topological polar surface area (TPSA) is 68.4 Å². The molecule has 2 heterocycles. The van der Waals surface area contributed by atoms with Gasteiger partial charge in [0.05, 0.1) is 11.0 Å². The number of aliphatic hydroxyl groups excluding tert-OH is 1. The molecule has 3 aromatic rings. The molecule has 0 bridgehead atoms. The molecule has 1 fully saturated rings. The van der Waals surface area contributed by atoms with Gasteiger partial charge in [-0.15, -0.1) is 11.3 Å². The molecule has 28 heavy (non-hydrogen) atoms. The van der Waals surface area contributed by atoms with E-state index >= 15 is 0 Å². The number of aliphatic hydroxyl groups is 1. The zero-order valence-corrected chi connectivity index (χ0v) is 17.3. The van der Waals surface area contributed by atoms with E-state index in [2.05, 4.69) is 30.9 Å². The van der Waals surface area contributed by atoms with E-state index in [1.807, 2.05) is 24.3 Å². The van der Waals surface area contributed by atoms with Crippen molar-refractivity contribution in [3.63, 3.8) is 0 Å². The number of benzene rings is 1. The molecule has 1 unspecified atom stereocenters. The third kappa shape index (κ3) is 2.70. The van der Waals surface area contributed by atoms with Gasteiger partial charge < -0.3 is 14.4 Å². The lowest BCUT2D eigenvalue weighted by molar-refractivity contribution is 0.123. The van der Waals surface area contributed by atoms with Gasteiger partial charge in [-0.25, -0.2) is 0 Å². The van der Waals surface area contributed by atoms with Crippen molar-refractivity contribution in [2.75, 3.05) is 6.61 Å². The fourth-order valence-corrected chi connectivity index (χ4v) is 5.81. The van der Waals surface area contributed by atoms with Crippen molar-refractivity contribution in [2.45, 2.75) is 46.1 Å². The fourth-order valence-electron chi connectivity index (χ4n) is 4.65. The number of rotatable bonds is 5. The van der Waals surface area contributed by atoms with Crippen molar-refractivity contribution in [3.05, 3.63) is 40.3 Å². The van der Waals surface area contributed by atoms with Crippen LogP contribution in [0.2, 0.25) is 0 Å². The lowest BCUT2D eigenvalue weighted by Crippen LogP contribution is -2.12. The van der Waals surface area contributed by atoms with E-state index in [0.717, 1.165) is 22.8 Å². The first-order valence-electron chi connectivity index (χ1n) is 9.73. The minimum absolute atomic E-state index is 0.271. The number of hydrogen-bond acceptors (Lipinski definition) is 6. The lowest BCUT2D eigenvalue weighted by atomic mass is 9.95. The number of fused-ring (bicyclic) bond motifs is 3. The number of aryl methyl sites for hydroxylation is 1. The standard InChI is InChI=1S/C22H24N2O3S/c1-11(25)10-26-14-7-5-13(6-8-14)20-23-21(27-24-20)19-15-9-16-18(22(16,3)4)17(15)12(2)28-19/h5-8,11,16,18,25H,9-10H2,1-4H3/t11?,16-,18-/m1/s1. The van der Waals surface area contributed by atoms with E-state index in [-0.39, 0.29) is 6.61 Å². The van der Waals surface area contributed by atoms with E-state index in [9.17, 15) is 5.11 Å². The van der Waals surface area contributed by atoms with Crippen LogP contribution in [0.1, 0.15) is 42.7 Å². The van der Waals surface area contributed by atoms with Crippen molar-refractivity contribution in [1.29, 1.82) is 0 Å². The maximum atomic E-state index is 9.32. The summed E-state index contributed by atoms with van der Waals surface area (Å²) in [4.78, 5) is 7.21. The first-order valence-corrected chi connectivity index (χ1v) is 10.6. The summed E-state index contributed by atoms with van der Waals surface area (Å²) < 4.78 is 11.1. The zero-order valence-electron chi connectivity index (χ0n) is 16.5. The molecule has 146 valence electrons. The summed E-state index contributed by atoms with van der Waals surface area (Å²) in [6, 6.07) is 7.54. The first kappa shape index (κ1) is 17.9. The van der Waals surface area contributed by atoms with Gasteiger partial charge in [-0.1, -0.05) is 19.0 Å². The second-order valence-electron chi connectivity index (χ2n) is 8.60. The monoisotopic (exact) mass is 396 g/mol. The third-order valence-corrected chi connectivity index (χ3v) is 7.39. The van der Waals surface area contributed by atoms with Crippen molar-refractivity contribution >= 4 is 11.3 Å². The van der Waals surface area contributed by atoms with E-state index in [1.165, 1.54) is 16.0 Å². The summed E-state index contributed by atoms with van der Waals surface area (Å²) in [7, 11) is 0. The smallest absolute Gasteiger partial charge is 0.268 e. The molecule has 2 aliphatic rings. The first-order chi connectivity index (χ1) is 13.4. The molecule has 0 saturated heterocycles. The highest BCUT2D eigenvalue weighted by Crippen LogP contribution is 2.72. The number of hydrogen-bond donors (Lipinski definition) is 1. The van der Waals surface area contributed by atoms with Crippen molar-refractivity contribution in [1.82, 2.24) is 10.1 Å². The van der Waals surface area contributed by atoms with E-state index < -0.39 is 6.10 Å².